The van der Waals surface area contributed by atoms with Crippen LogP contribution in [-0.2, 0) is 9.59 Å². The number of anilines is 1. The van der Waals surface area contributed by atoms with Gasteiger partial charge in [0.15, 0.2) is 0 Å². The van der Waals surface area contributed by atoms with Crippen LogP contribution >= 0.6 is 11.6 Å². The molecule has 8 heteroatoms. The van der Waals surface area contributed by atoms with Crippen molar-refractivity contribution in [2.75, 3.05) is 12.4 Å². The maximum Gasteiger partial charge on any atom is 0.202 e. The Bertz CT molecular complexity index is 1100. The van der Waals surface area contributed by atoms with Crippen molar-refractivity contribution >= 4 is 42.0 Å². The molecule has 32 heavy (non-hydrogen) atoms. The molecule has 4 rings (SSSR count). The Morgan fingerprint density at radius 1 is 1.00 bits per heavy atom. The van der Waals surface area contributed by atoms with Crippen LogP contribution in [0.15, 0.2) is 60.8 Å². The molecule has 0 aliphatic carbocycles. The summed E-state index contributed by atoms with van der Waals surface area (Å²) in [6.45, 7) is 10.5. The Morgan fingerprint density at radius 2 is 1.66 bits per heavy atom. The lowest BCUT2D eigenvalue weighted by molar-refractivity contribution is -0.0987. The molecule has 0 amide bonds. The van der Waals surface area contributed by atoms with Crippen LogP contribution in [0.2, 0.25) is 5.02 Å². The van der Waals surface area contributed by atoms with Gasteiger partial charge in [0.25, 0.3) is 0 Å². The third-order valence-corrected chi connectivity index (χ3v) is 4.66. The second-order valence-corrected chi connectivity index (χ2v) is 7.26. The van der Waals surface area contributed by atoms with Gasteiger partial charge in [0, 0.05) is 18.3 Å². The van der Waals surface area contributed by atoms with Crippen LogP contribution in [0.25, 0.3) is 16.9 Å². The van der Waals surface area contributed by atoms with Gasteiger partial charge in [-0.1, -0.05) is 60.5 Å². The van der Waals surface area contributed by atoms with Crippen molar-refractivity contribution in [1.29, 1.82) is 0 Å². The Kier molecular flexibility index (Phi) is 11.3. The van der Waals surface area contributed by atoms with Crippen LogP contribution in [0.5, 0.6) is 0 Å². The highest BCUT2D eigenvalue weighted by Crippen LogP contribution is 2.25. The van der Waals surface area contributed by atoms with Crippen molar-refractivity contribution < 1.29 is 9.59 Å². The van der Waals surface area contributed by atoms with E-state index in [0.29, 0.717) is 16.6 Å². The Hall–Kier alpha value is -3.58. The number of nitrogens with one attached hydrogen (secondary N) is 1. The van der Waals surface area contributed by atoms with Crippen molar-refractivity contribution in [3.63, 3.8) is 0 Å². The van der Waals surface area contributed by atoms with Crippen LogP contribution in [-0.4, -0.2) is 40.6 Å². The van der Waals surface area contributed by atoms with Gasteiger partial charge in [-0.25, -0.2) is 9.67 Å². The monoisotopic (exact) mass is 453 g/mol. The summed E-state index contributed by atoms with van der Waals surface area (Å²) in [5.74, 6) is 0.653. The Balaban J connectivity index is 0.000000312. The largest absolute Gasteiger partial charge is 0.386 e. The smallest absolute Gasteiger partial charge is 0.202 e. The molecule has 0 bridgehead atoms. The molecule has 2 aromatic heterocycles. The van der Waals surface area contributed by atoms with Gasteiger partial charge >= 0.3 is 0 Å². The Morgan fingerprint density at radius 3 is 2.25 bits per heavy atom. The molecule has 0 aliphatic heterocycles. The SMILES string of the molecule is C=O.C=O.CNc1ccc(Cl)cc1-n1nnc2ncccc21.Cc1ccc(C(C)C)cc1. The third-order valence-electron chi connectivity index (χ3n) is 4.42. The van der Waals surface area contributed by atoms with Gasteiger partial charge in [0.05, 0.1) is 11.4 Å². The van der Waals surface area contributed by atoms with Crippen LogP contribution in [0.4, 0.5) is 5.69 Å². The fourth-order valence-electron chi connectivity index (χ4n) is 2.79. The molecular weight excluding hydrogens is 426 g/mol. The van der Waals surface area contributed by atoms with Crippen molar-refractivity contribution in [3.05, 3.63) is 76.9 Å². The van der Waals surface area contributed by atoms with Crippen LogP contribution < -0.4 is 5.32 Å². The van der Waals surface area contributed by atoms with E-state index in [-0.39, 0.29) is 0 Å². The predicted molar refractivity (Wildman–Crippen MR) is 131 cm³/mol. The first kappa shape index (κ1) is 26.5. The minimum absolute atomic E-state index is 0.611. The standard InChI is InChI=1S/C12H10ClN5.C10H14.2CH2O/c1-14-9-5-4-8(13)7-11(9)18-10-3-2-6-15-12(10)16-17-18;1-8(2)10-6-4-9(3)5-7-10;2*1-2/h2-7,14H,1H3;4-8H,1-3H3;2*1H2. The fraction of sp³-hybridized carbons (Fsp3) is 0.208. The first-order chi connectivity index (χ1) is 15.5. The minimum Gasteiger partial charge on any atom is -0.386 e. The lowest BCUT2D eigenvalue weighted by Crippen LogP contribution is -2.02. The highest BCUT2D eigenvalue weighted by Gasteiger charge is 2.10. The lowest BCUT2D eigenvalue weighted by atomic mass is 10.0. The number of hydrogen-bond donors (Lipinski definition) is 1. The summed E-state index contributed by atoms with van der Waals surface area (Å²) in [5.41, 5.74) is 5.99. The molecule has 0 atom stereocenters. The topological polar surface area (TPSA) is 89.8 Å². The molecule has 7 nitrogen and oxygen atoms in total. The van der Waals surface area contributed by atoms with E-state index in [1.807, 2.05) is 51.0 Å². The number of carbonyl (C=O) groups excluding carboxylic acids is 2. The van der Waals surface area contributed by atoms with E-state index in [4.69, 9.17) is 21.2 Å². The molecule has 4 aromatic rings. The second-order valence-electron chi connectivity index (χ2n) is 6.82. The van der Waals surface area contributed by atoms with Crippen LogP contribution in [0, 0.1) is 6.92 Å². The van der Waals surface area contributed by atoms with Gasteiger partial charge in [-0.3, -0.25) is 0 Å². The van der Waals surface area contributed by atoms with Crippen molar-refractivity contribution in [2.45, 2.75) is 26.7 Å². The number of aryl methyl sites for hydroxylation is 1. The van der Waals surface area contributed by atoms with Crippen molar-refractivity contribution in [2.24, 2.45) is 0 Å². The molecule has 0 radical (unpaired) electrons. The highest BCUT2D eigenvalue weighted by atomic mass is 35.5. The number of nitrogens with zero attached hydrogens (tertiary/aromatic N) is 4. The molecule has 0 saturated carbocycles. The van der Waals surface area contributed by atoms with Crippen LogP contribution in [0.1, 0.15) is 30.9 Å². The summed E-state index contributed by atoms with van der Waals surface area (Å²) in [7, 11) is 1.85. The Labute approximate surface area is 193 Å². The predicted octanol–water partition coefficient (Wildman–Crippen LogP) is 5.26. The lowest BCUT2D eigenvalue weighted by Gasteiger charge is -2.09. The number of halogens is 1. The number of carbonyl (C=O) groups is 2. The maximum atomic E-state index is 8.00. The van der Waals surface area contributed by atoms with Gasteiger partial charge in [-0.15, -0.1) is 5.10 Å². The molecule has 1 N–H and O–H groups in total. The average molecular weight is 454 g/mol. The molecule has 0 fully saturated rings. The first-order valence-electron chi connectivity index (χ1n) is 9.78. The zero-order valence-electron chi connectivity index (χ0n) is 18.7. The molecule has 168 valence electrons. The summed E-state index contributed by atoms with van der Waals surface area (Å²) in [6.07, 6.45) is 1.69. The average Bonchev–Trinajstić information content (AvgIpc) is 3.26. The van der Waals surface area contributed by atoms with Crippen molar-refractivity contribution in [3.8, 4) is 5.69 Å². The summed E-state index contributed by atoms with van der Waals surface area (Å²) in [6, 6.07) is 18.1. The van der Waals surface area contributed by atoms with E-state index in [2.05, 4.69) is 65.6 Å². The maximum absolute atomic E-state index is 8.00. The van der Waals surface area contributed by atoms with Gasteiger partial charge in [-0.2, -0.15) is 0 Å². The number of rotatable bonds is 3. The van der Waals surface area contributed by atoms with E-state index in [1.165, 1.54) is 11.1 Å². The third kappa shape index (κ3) is 6.99. The second kappa shape index (κ2) is 13.7. The van der Waals surface area contributed by atoms with Crippen molar-refractivity contribution in [1.82, 2.24) is 20.0 Å². The van der Waals surface area contributed by atoms with Gasteiger partial charge in [0.1, 0.15) is 19.1 Å². The zero-order chi connectivity index (χ0) is 24.1. The molecular formula is C24H28ClN5O2. The van der Waals surface area contributed by atoms with E-state index in [1.54, 1.807) is 10.9 Å². The van der Waals surface area contributed by atoms with Gasteiger partial charge in [-0.05, 0) is 48.7 Å². The molecule has 0 aliphatic rings. The molecule has 2 aromatic carbocycles. The minimum atomic E-state index is 0.611. The van der Waals surface area contributed by atoms with Crippen LogP contribution in [0.3, 0.4) is 0 Å². The number of benzene rings is 2. The molecule has 2 heterocycles. The summed E-state index contributed by atoms with van der Waals surface area (Å²) in [5, 5.41) is 11.9. The molecule has 0 spiro atoms. The van der Waals surface area contributed by atoms with E-state index < -0.39 is 0 Å². The normalized spacial score (nSPS) is 9.56. The fourth-order valence-corrected chi connectivity index (χ4v) is 2.95. The number of hydrogen-bond acceptors (Lipinski definition) is 6. The molecule has 0 unspecified atom stereocenters. The van der Waals surface area contributed by atoms with E-state index in [9.17, 15) is 0 Å². The van der Waals surface area contributed by atoms with E-state index >= 15 is 0 Å². The zero-order valence-corrected chi connectivity index (χ0v) is 19.5. The van der Waals surface area contributed by atoms with Gasteiger partial charge in [0.2, 0.25) is 5.65 Å². The highest BCUT2D eigenvalue weighted by molar-refractivity contribution is 6.30. The number of aromatic nitrogens is 4. The van der Waals surface area contributed by atoms with Gasteiger partial charge < -0.3 is 14.9 Å². The number of fused-ring (bicyclic) bond motifs is 1. The summed E-state index contributed by atoms with van der Waals surface area (Å²) >= 11 is 6.04. The number of pyridine rings is 1. The summed E-state index contributed by atoms with van der Waals surface area (Å²) in [4.78, 5) is 20.2. The summed E-state index contributed by atoms with van der Waals surface area (Å²) < 4.78 is 1.72. The quantitative estimate of drug-likeness (QED) is 0.455. The van der Waals surface area contributed by atoms with E-state index in [0.717, 1.165) is 16.9 Å². The first-order valence-corrected chi connectivity index (χ1v) is 10.2. The molecule has 0 saturated heterocycles.